The van der Waals surface area contributed by atoms with Gasteiger partial charge in [0.15, 0.2) is 23.1 Å². The van der Waals surface area contributed by atoms with Crippen LogP contribution >= 0.6 is 11.8 Å². The van der Waals surface area contributed by atoms with Gasteiger partial charge < -0.3 is 19.9 Å². The van der Waals surface area contributed by atoms with Gasteiger partial charge >= 0.3 is 6.09 Å². The second-order valence-electron chi connectivity index (χ2n) is 10.6. The maximum atomic E-state index is 11.2. The molecule has 3 heterocycles. The average Bonchev–Trinajstić information content (AvgIpc) is 3.16. The van der Waals surface area contributed by atoms with Crippen LogP contribution in [0.4, 0.5) is 16.6 Å². The lowest BCUT2D eigenvalue weighted by Crippen LogP contribution is -2.42. The van der Waals surface area contributed by atoms with E-state index in [9.17, 15) is 4.79 Å². The van der Waals surface area contributed by atoms with E-state index in [1.165, 1.54) is 51.4 Å². The van der Waals surface area contributed by atoms with Crippen molar-refractivity contribution in [1.82, 2.24) is 24.8 Å². The molecule has 11 heteroatoms. The molecule has 2 atom stereocenters. The fraction of sp³-hybridized carbons (Fsp3) is 0.720. The summed E-state index contributed by atoms with van der Waals surface area (Å²) in [6.45, 7) is 6.24. The molecule has 3 aliphatic rings. The number of fused-ring (bicyclic) bond motifs is 1. The van der Waals surface area contributed by atoms with Gasteiger partial charge in [0.25, 0.3) is 0 Å². The molecule has 2 aliphatic carbocycles. The zero-order chi connectivity index (χ0) is 25.2. The smallest absolute Gasteiger partial charge is 0.410 e. The lowest BCUT2D eigenvalue weighted by Gasteiger charge is -2.35. The first-order valence-electron chi connectivity index (χ1n) is 13.4. The van der Waals surface area contributed by atoms with E-state index >= 15 is 0 Å². The summed E-state index contributed by atoms with van der Waals surface area (Å²) >= 11 is 1.97. The zero-order valence-electron chi connectivity index (χ0n) is 21.3. The maximum Gasteiger partial charge on any atom is 0.410 e. The predicted octanol–water partition coefficient (Wildman–Crippen LogP) is 4.54. The third-order valence-corrected chi connectivity index (χ3v) is 9.24. The van der Waals surface area contributed by atoms with Gasteiger partial charge in [0.2, 0.25) is 5.95 Å². The Hall–Kier alpha value is -2.56. The van der Waals surface area contributed by atoms with Gasteiger partial charge in [0.1, 0.15) is 5.52 Å². The summed E-state index contributed by atoms with van der Waals surface area (Å²) in [5, 5.41) is 23.2. The first-order chi connectivity index (χ1) is 17.4. The summed E-state index contributed by atoms with van der Waals surface area (Å²) in [4.78, 5) is 28.0. The topological polar surface area (TPSA) is 132 Å². The molecule has 4 N–H and O–H groups in total. The number of thioether (sulfide) groups is 1. The quantitative estimate of drug-likeness (QED) is 0.313. The minimum Gasteiger partial charge on any atom is -0.465 e. The van der Waals surface area contributed by atoms with Gasteiger partial charge in [-0.1, -0.05) is 25.7 Å². The third-order valence-electron chi connectivity index (χ3n) is 8.05. The van der Waals surface area contributed by atoms with Crippen LogP contribution in [-0.4, -0.2) is 66.7 Å². The van der Waals surface area contributed by atoms with Gasteiger partial charge in [-0.2, -0.15) is 16.7 Å². The number of carbonyl (C=O) groups is 1. The van der Waals surface area contributed by atoms with Crippen LogP contribution in [0.1, 0.15) is 71.0 Å². The molecule has 0 spiro atoms. The molecule has 36 heavy (non-hydrogen) atoms. The van der Waals surface area contributed by atoms with E-state index < -0.39 is 6.09 Å². The van der Waals surface area contributed by atoms with Crippen LogP contribution in [0, 0.1) is 17.2 Å². The van der Waals surface area contributed by atoms with Crippen LogP contribution in [0.15, 0.2) is 0 Å². The van der Waals surface area contributed by atoms with E-state index in [0.29, 0.717) is 29.3 Å². The molecule has 1 amide bonds. The van der Waals surface area contributed by atoms with Crippen molar-refractivity contribution in [2.24, 2.45) is 11.8 Å². The minimum absolute atomic E-state index is 0.0457. The summed E-state index contributed by atoms with van der Waals surface area (Å²) in [6, 6.07) is 0.577. The van der Waals surface area contributed by atoms with Crippen LogP contribution in [0.5, 0.6) is 0 Å². The third kappa shape index (κ3) is 5.26. The Balaban J connectivity index is 1.62. The number of hydrogen-bond donors (Lipinski definition) is 4. The number of nitrogens with zero attached hydrogens (tertiary/aromatic N) is 5. The molecule has 2 aromatic rings. The van der Waals surface area contributed by atoms with Crippen molar-refractivity contribution in [3.8, 4) is 0 Å². The van der Waals surface area contributed by atoms with Gasteiger partial charge in [-0.15, -0.1) is 0 Å². The Morgan fingerprint density at radius 1 is 1.17 bits per heavy atom. The molecule has 1 unspecified atom stereocenters. The molecule has 0 aromatic carbocycles. The maximum absolute atomic E-state index is 11.2. The fourth-order valence-corrected chi connectivity index (χ4v) is 6.73. The molecular formula is C25H38N8O2S. The lowest BCUT2D eigenvalue weighted by atomic mass is 9.80. The molecule has 0 radical (unpaired) electrons. The summed E-state index contributed by atoms with van der Waals surface area (Å²) in [5.41, 5.74) is 1.40. The summed E-state index contributed by atoms with van der Waals surface area (Å²) < 4.78 is 2.33. The number of rotatable bonds is 7. The van der Waals surface area contributed by atoms with Crippen molar-refractivity contribution < 1.29 is 9.90 Å². The number of carboxylic acid groups (broad SMARTS) is 1. The Morgan fingerprint density at radius 2 is 1.94 bits per heavy atom. The largest absolute Gasteiger partial charge is 0.465 e. The van der Waals surface area contributed by atoms with Crippen molar-refractivity contribution in [3.63, 3.8) is 0 Å². The highest BCUT2D eigenvalue weighted by molar-refractivity contribution is 7.99. The van der Waals surface area contributed by atoms with E-state index in [2.05, 4.69) is 38.9 Å². The van der Waals surface area contributed by atoms with E-state index in [1.54, 1.807) is 0 Å². The number of amides is 1. The van der Waals surface area contributed by atoms with Crippen molar-refractivity contribution in [2.45, 2.75) is 83.8 Å². The highest BCUT2D eigenvalue weighted by atomic mass is 32.2. The first kappa shape index (κ1) is 25.1. The second kappa shape index (κ2) is 10.8. The summed E-state index contributed by atoms with van der Waals surface area (Å²) in [6.07, 6.45) is 8.63. The Bertz CT molecular complexity index is 1110. The molecule has 1 aliphatic heterocycles. The van der Waals surface area contributed by atoms with Crippen molar-refractivity contribution in [2.75, 3.05) is 28.3 Å². The Morgan fingerprint density at radius 3 is 2.61 bits per heavy atom. The number of imidazole rings is 1. The summed E-state index contributed by atoms with van der Waals surface area (Å²) in [5.74, 6) is 4.58. The molecule has 10 nitrogen and oxygen atoms in total. The first-order valence-corrected chi connectivity index (χ1v) is 14.5. The van der Waals surface area contributed by atoms with Crippen LogP contribution in [0.3, 0.4) is 0 Å². The van der Waals surface area contributed by atoms with Crippen molar-refractivity contribution >= 4 is 46.6 Å². The predicted molar refractivity (Wildman–Crippen MR) is 144 cm³/mol. The standard InChI is InChI=1S/C25H38N8O2S/c1-15-14-36-12-11-32(15)24-31-22-19(33(24)13-17-7-4-3-5-8-17)21(27-16(2)18-9-6-10-18)29-23(30-22)20(26)28-25(34)35/h15-18H,3-14H2,1-2H3,(H2,26,28)(H,34,35)(H,27,29,30)/t15?,16-/m1/s1. The SMILES string of the molecule is CC1CSCCN1c1nc2nc(C(=N)NC(=O)O)nc(N[C@H](C)C3CCC3)c2n1CC1CCCCC1. The van der Waals surface area contributed by atoms with E-state index in [-0.39, 0.29) is 17.7 Å². The van der Waals surface area contributed by atoms with E-state index in [4.69, 9.17) is 20.5 Å². The number of amidine groups is 1. The van der Waals surface area contributed by atoms with Gasteiger partial charge in [0, 0.05) is 36.7 Å². The van der Waals surface area contributed by atoms with Crippen LogP contribution in [0.2, 0.25) is 0 Å². The number of nitrogens with one attached hydrogen (secondary N) is 3. The van der Waals surface area contributed by atoms with Crippen molar-refractivity contribution in [1.29, 1.82) is 5.41 Å². The Labute approximate surface area is 216 Å². The summed E-state index contributed by atoms with van der Waals surface area (Å²) in [7, 11) is 0. The molecule has 0 bridgehead atoms. The molecule has 2 aromatic heterocycles. The molecule has 1 saturated heterocycles. The highest BCUT2D eigenvalue weighted by Crippen LogP contribution is 2.36. The van der Waals surface area contributed by atoms with Crippen molar-refractivity contribution in [3.05, 3.63) is 5.82 Å². The number of anilines is 2. The minimum atomic E-state index is -1.30. The molecule has 2 saturated carbocycles. The normalized spacial score (nSPS) is 22.3. The molecule has 196 valence electrons. The lowest BCUT2D eigenvalue weighted by molar-refractivity contribution is 0.200. The second-order valence-corrected chi connectivity index (χ2v) is 11.8. The van der Waals surface area contributed by atoms with E-state index in [0.717, 1.165) is 36.1 Å². The highest BCUT2D eigenvalue weighted by Gasteiger charge is 2.31. The van der Waals surface area contributed by atoms with Gasteiger partial charge in [-0.05, 0) is 51.4 Å². The zero-order valence-corrected chi connectivity index (χ0v) is 22.1. The van der Waals surface area contributed by atoms with Crippen LogP contribution in [0.25, 0.3) is 11.2 Å². The molecule has 5 rings (SSSR count). The van der Waals surface area contributed by atoms with E-state index in [1.807, 2.05) is 11.8 Å². The van der Waals surface area contributed by atoms with Crippen LogP contribution in [-0.2, 0) is 6.54 Å². The fourth-order valence-electron chi connectivity index (χ4n) is 5.72. The number of hydrogen-bond acceptors (Lipinski definition) is 8. The monoisotopic (exact) mass is 514 g/mol. The molecular weight excluding hydrogens is 476 g/mol. The molecule has 3 fully saturated rings. The number of aromatic nitrogens is 4. The average molecular weight is 515 g/mol. The Kier molecular flexibility index (Phi) is 7.55. The van der Waals surface area contributed by atoms with Gasteiger partial charge in [-0.3, -0.25) is 10.7 Å². The van der Waals surface area contributed by atoms with Gasteiger partial charge in [-0.25, -0.2) is 14.8 Å². The van der Waals surface area contributed by atoms with Crippen LogP contribution < -0.4 is 15.5 Å². The van der Waals surface area contributed by atoms with Gasteiger partial charge in [0.05, 0.1) is 0 Å².